The highest BCUT2D eigenvalue weighted by molar-refractivity contribution is 5.87. The normalized spacial score (nSPS) is 10.3. The molecule has 0 saturated heterocycles. The van der Waals surface area contributed by atoms with E-state index in [1.165, 1.54) is 7.11 Å². The molecule has 0 bridgehead atoms. The van der Waals surface area contributed by atoms with Crippen molar-refractivity contribution < 1.29 is 19.1 Å². The van der Waals surface area contributed by atoms with E-state index in [0.717, 1.165) is 11.3 Å². The van der Waals surface area contributed by atoms with Crippen molar-refractivity contribution in [3.63, 3.8) is 0 Å². The van der Waals surface area contributed by atoms with Gasteiger partial charge in [-0.15, -0.1) is 0 Å². The fraction of sp³-hybridized carbons (Fsp3) is 0.312. The molecule has 0 fully saturated rings. The Kier molecular flexibility index (Phi) is 4.93. The van der Waals surface area contributed by atoms with E-state index in [4.69, 9.17) is 4.74 Å². The van der Waals surface area contributed by atoms with Gasteiger partial charge < -0.3 is 9.47 Å². The average molecular weight is 302 g/mol. The summed E-state index contributed by atoms with van der Waals surface area (Å²) in [5.74, 6) is -0.914. The van der Waals surface area contributed by atoms with Gasteiger partial charge in [0.25, 0.3) is 0 Å². The third-order valence-electron chi connectivity index (χ3n) is 3.10. The second-order valence-corrected chi connectivity index (χ2v) is 4.74. The van der Waals surface area contributed by atoms with Crippen LogP contribution in [0.4, 0.5) is 0 Å². The average Bonchev–Trinajstić information content (AvgIpc) is 2.92. The zero-order valence-electron chi connectivity index (χ0n) is 12.8. The van der Waals surface area contributed by atoms with Crippen molar-refractivity contribution in [1.82, 2.24) is 9.78 Å². The minimum atomic E-state index is -0.514. The maximum atomic E-state index is 11.8. The quantitative estimate of drug-likeness (QED) is 0.791. The van der Waals surface area contributed by atoms with Gasteiger partial charge in [0.1, 0.15) is 0 Å². The molecule has 6 heteroatoms. The Labute approximate surface area is 128 Å². The van der Waals surface area contributed by atoms with E-state index in [0.29, 0.717) is 5.69 Å². The number of ether oxygens (including phenoxy) is 2. The Hall–Kier alpha value is -2.63. The molecule has 1 aromatic carbocycles. The SMILES string of the molecule is CCOC(=O)c1cc(CC(=O)OC)n(-c2ccc(C)cc2)n1. The van der Waals surface area contributed by atoms with Crippen LogP contribution in [0.1, 0.15) is 28.7 Å². The third kappa shape index (κ3) is 3.52. The van der Waals surface area contributed by atoms with Crippen LogP contribution in [0.3, 0.4) is 0 Å². The van der Waals surface area contributed by atoms with E-state index in [1.807, 2.05) is 31.2 Å². The summed E-state index contributed by atoms with van der Waals surface area (Å²) in [5, 5.41) is 4.25. The molecule has 0 aliphatic heterocycles. The molecule has 22 heavy (non-hydrogen) atoms. The van der Waals surface area contributed by atoms with Crippen LogP contribution in [0, 0.1) is 6.92 Å². The summed E-state index contributed by atoms with van der Waals surface area (Å²) in [5.41, 5.74) is 2.61. The lowest BCUT2D eigenvalue weighted by Crippen LogP contribution is -2.10. The van der Waals surface area contributed by atoms with Crippen molar-refractivity contribution in [2.75, 3.05) is 13.7 Å². The molecule has 0 aliphatic rings. The van der Waals surface area contributed by atoms with E-state index in [1.54, 1.807) is 17.7 Å². The molecule has 2 rings (SSSR count). The van der Waals surface area contributed by atoms with Crippen LogP contribution in [-0.2, 0) is 20.7 Å². The van der Waals surface area contributed by atoms with Gasteiger partial charge in [-0.3, -0.25) is 4.79 Å². The van der Waals surface area contributed by atoms with E-state index < -0.39 is 11.9 Å². The van der Waals surface area contributed by atoms with Gasteiger partial charge in [-0.2, -0.15) is 5.10 Å². The van der Waals surface area contributed by atoms with Crippen molar-refractivity contribution in [3.05, 3.63) is 47.3 Å². The molecule has 116 valence electrons. The maximum absolute atomic E-state index is 11.8. The van der Waals surface area contributed by atoms with Gasteiger partial charge in [0.05, 0.1) is 31.5 Å². The summed E-state index contributed by atoms with van der Waals surface area (Å²) in [4.78, 5) is 23.4. The zero-order valence-corrected chi connectivity index (χ0v) is 12.8. The largest absolute Gasteiger partial charge is 0.469 e. The van der Waals surface area contributed by atoms with Gasteiger partial charge in [-0.05, 0) is 32.0 Å². The van der Waals surface area contributed by atoms with Gasteiger partial charge in [0.2, 0.25) is 0 Å². The Morgan fingerprint density at radius 1 is 1.23 bits per heavy atom. The molecule has 0 atom stereocenters. The van der Waals surface area contributed by atoms with Crippen molar-refractivity contribution in [3.8, 4) is 5.69 Å². The van der Waals surface area contributed by atoms with Crippen LogP contribution in [0.5, 0.6) is 0 Å². The van der Waals surface area contributed by atoms with Gasteiger partial charge in [0.15, 0.2) is 5.69 Å². The summed E-state index contributed by atoms with van der Waals surface area (Å²) in [6.07, 6.45) is 0.0246. The number of carbonyl (C=O) groups excluding carboxylic acids is 2. The Morgan fingerprint density at radius 2 is 1.91 bits per heavy atom. The number of rotatable bonds is 5. The first-order valence-electron chi connectivity index (χ1n) is 6.95. The summed E-state index contributed by atoms with van der Waals surface area (Å²) in [6, 6.07) is 9.16. The maximum Gasteiger partial charge on any atom is 0.358 e. The minimum Gasteiger partial charge on any atom is -0.469 e. The van der Waals surface area contributed by atoms with Crippen molar-refractivity contribution >= 4 is 11.9 Å². The second-order valence-electron chi connectivity index (χ2n) is 4.74. The molecule has 1 heterocycles. The molecule has 0 spiro atoms. The lowest BCUT2D eigenvalue weighted by Gasteiger charge is -2.07. The first-order valence-corrected chi connectivity index (χ1v) is 6.95. The molecule has 6 nitrogen and oxygen atoms in total. The van der Waals surface area contributed by atoms with E-state index in [-0.39, 0.29) is 18.7 Å². The topological polar surface area (TPSA) is 70.4 Å². The number of hydrogen-bond acceptors (Lipinski definition) is 5. The fourth-order valence-corrected chi connectivity index (χ4v) is 1.98. The van der Waals surface area contributed by atoms with Crippen molar-refractivity contribution in [2.45, 2.75) is 20.3 Å². The Morgan fingerprint density at radius 3 is 2.50 bits per heavy atom. The zero-order chi connectivity index (χ0) is 16.1. The molecular formula is C16H18N2O4. The number of aryl methyl sites for hydroxylation is 1. The summed E-state index contributed by atoms with van der Waals surface area (Å²) < 4.78 is 11.2. The predicted molar refractivity (Wildman–Crippen MR) is 80.0 cm³/mol. The smallest absolute Gasteiger partial charge is 0.358 e. The molecular weight excluding hydrogens is 284 g/mol. The number of methoxy groups -OCH3 is 1. The van der Waals surface area contributed by atoms with Crippen molar-refractivity contribution in [1.29, 1.82) is 0 Å². The third-order valence-corrected chi connectivity index (χ3v) is 3.10. The molecule has 0 N–H and O–H groups in total. The van der Waals surface area contributed by atoms with Crippen LogP contribution in [0.2, 0.25) is 0 Å². The first kappa shape index (κ1) is 15.8. The molecule has 1 aromatic heterocycles. The van der Waals surface area contributed by atoms with Gasteiger partial charge >= 0.3 is 11.9 Å². The lowest BCUT2D eigenvalue weighted by atomic mass is 10.2. The molecule has 2 aromatic rings. The molecule has 0 saturated carbocycles. The Balaban J connectivity index is 2.42. The first-order chi connectivity index (χ1) is 10.5. The predicted octanol–water partition coefficient (Wildman–Crippen LogP) is 2.07. The van der Waals surface area contributed by atoms with Gasteiger partial charge in [-0.1, -0.05) is 17.7 Å². The Bertz CT molecular complexity index is 674. The molecule has 0 radical (unpaired) electrons. The fourth-order valence-electron chi connectivity index (χ4n) is 1.98. The number of aromatic nitrogens is 2. The van der Waals surface area contributed by atoms with Crippen LogP contribution < -0.4 is 0 Å². The van der Waals surface area contributed by atoms with Crippen LogP contribution in [-0.4, -0.2) is 35.4 Å². The highest BCUT2D eigenvalue weighted by Gasteiger charge is 2.18. The number of benzene rings is 1. The second kappa shape index (κ2) is 6.89. The molecule has 0 amide bonds. The highest BCUT2D eigenvalue weighted by atomic mass is 16.5. The standard InChI is InChI=1S/C16H18N2O4/c1-4-22-16(20)14-9-13(10-15(19)21-3)18(17-14)12-7-5-11(2)6-8-12/h5-9H,4,10H2,1-3H3. The summed E-state index contributed by atoms with van der Waals surface area (Å²) in [7, 11) is 1.32. The monoisotopic (exact) mass is 302 g/mol. The van der Waals surface area contributed by atoms with Gasteiger partial charge in [0, 0.05) is 0 Å². The van der Waals surface area contributed by atoms with Crippen molar-refractivity contribution in [2.24, 2.45) is 0 Å². The van der Waals surface area contributed by atoms with Crippen LogP contribution in [0.15, 0.2) is 30.3 Å². The minimum absolute atomic E-state index is 0.0246. The lowest BCUT2D eigenvalue weighted by molar-refractivity contribution is -0.139. The van der Waals surface area contributed by atoms with E-state index in [9.17, 15) is 9.59 Å². The summed E-state index contributed by atoms with van der Waals surface area (Å²) >= 11 is 0. The number of nitrogens with zero attached hydrogens (tertiary/aromatic N) is 2. The van der Waals surface area contributed by atoms with Gasteiger partial charge in [-0.25, -0.2) is 9.48 Å². The highest BCUT2D eigenvalue weighted by Crippen LogP contribution is 2.15. The molecule has 0 aliphatic carbocycles. The van der Waals surface area contributed by atoms with E-state index in [2.05, 4.69) is 9.84 Å². The summed E-state index contributed by atoms with van der Waals surface area (Å²) in [6.45, 7) is 3.97. The van der Waals surface area contributed by atoms with Crippen LogP contribution >= 0.6 is 0 Å². The number of esters is 2. The number of hydrogen-bond donors (Lipinski definition) is 0. The molecule has 0 unspecified atom stereocenters. The van der Waals surface area contributed by atoms with E-state index >= 15 is 0 Å². The number of carbonyl (C=O) groups is 2. The van der Waals surface area contributed by atoms with Crippen LogP contribution in [0.25, 0.3) is 5.69 Å².